The molecule has 5 heteroatoms. The molecule has 2 unspecified atom stereocenters. The lowest BCUT2D eigenvalue weighted by atomic mass is 9.97. The van der Waals surface area contributed by atoms with Gasteiger partial charge in [-0.1, -0.05) is 19.1 Å². The Morgan fingerprint density at radius 1 is 1.33 bits per heavy atom. The number of carbonyl (C=O) groups excluding carboxylic acids is 2. The molecule has 0 aromatic heterocycles. The number of hydrogen-bond donors (Lipinski definition) is 1. The van der Waals surface area contributed by atoms with Crippen LogP contribution in [0.1, 0.15) is 62.0 Å². The highest BCUT2D eigenvalue weighted by Crippen LogP contribution is 2.48. The van der Waals surface area contributed by atoms with Gasteiger partial charge in [0.2, 0.25) is 5.91 Å². The molecule has 0 bridgehead atoms. The first-order valence-corrected chi connectivity index (χ1v) is 8.68. The first-order valence-electron chi connectivity index (χ1n) is 8.68. The van der Waals surface area contributed by atoms with Crippen molar-refractivity contribution in [2.75, 3.05) is 7.11 Å². The second kappa shape index (κ2) is 6.20. The van der Waals surface area contributed by atoms with Crippen LogP contribution in [0.5, 0.6) is 0 Å². The maximum Gasteiger partial charge on any atom is 0.337 e. The van der Waals surface area contributed by atoms with E-state index in [0.29, 0.717) is 11.5 Å². The lowest BCUT2D eigenvalue weighted by Crippen LogP contribution is -2.49. The fourth-order valence-electron chi connectivity index (χ4n) is 3.74. The Morgan fingerprint density at radius 3 is 2.42 bits per heavy atom. The topological polar surface area (TPSA) is 58.6 Å². The summed E-state index contributed by atoms with van der Waals surface area (Å²) >= 11 is 0. The minimum absolute atomic E-state index is 0.0586. The molecule has 130 valence electrons. The molecule has 1 saturated heterocycles. The zero-order valence-electron chi connectivity index (χ0n) is 14.8. The number of carbonyl (C=O) groups is 2. The van der Waals surface area contributed by atoms with E-state index in [9.17, 15) is 9.59 Å². The van der Waals surface area contributed by atoms with Crippen molar-refractivity contribution in [2.45, 2.75) is 57.8 Å². The number of rotatable bonds is 5. The van der Waals surface area contributed by atoms with E-state index in [1.165, 1.54) is 7.11 Å². The summed E-state index contributed by atoms with van der Waals surface area (Å²) in [6, 6.07) is 7.43. The van der Waals surface area contributed by atoms with Gasteiger partial charge in [-0.2, -0.15) is 0 Å². The van der Waals surface area contributed by atoms with E-state index in [-0.39, 0.29) is 29.6 Å². The van der Waals surface area contributed by atoms with E-state index in [1.54, 1.807) is 12.1 Å². The number of nitrogens with one attached hydrogen (secondary N) is 1. The predicted octanol–water partition coefficient (Wildman–Crippen LogP) is 2.87. The highest BCUT2D eigenvalue weighted by atomic mass is 16.5. The molecule has 1 aliphatic carbocycles. The Balaban J connectivity index is 1.93. The van der Waals surface area contributed by atoms with E-state index in [4.69, 9.17) is 4.74 Å². The molecule has 2 atom stereocenters. The van der Waals surface area contributed by atoms with Crippen LogP contribution in [0.2, 0.25) is 0 Å². The molecule has 5 nitrogen and oxygen atoms in total. The summed E-state index contributed by atoms with van der Waals surface area (Å²) in [5, 5.41) is 3.45. The second-order valence-electron chi connectivity index (χ2n) is 7.27. The van der Waals surface area contributed by atoms with Gasteiger partial charge in [0.1, 0.15) is 0 Å². The maximum absolute atomic E-state index is 12.9. The highest BCUT2D eigenvalue weighted by molar-refractivity contribution is 5.89. The Bertz CT molecular complexity index is 635. The van der Waals surface area contributed by atoms with Gasteiger partial charge in [-0.05, 0) is 56.7 Å². The Labute approximate surface area is 143 Å². The number of esters is 1. The molecule has 1 aliphatic heterocycles. The minimum atomic E-state index is -0.369. The standard InChI is InChI=1S/C19H26N2O3/c1-5-15-17(22)21(19(2,3)20-15)16(12-6-7-12)13-8-10-14(11-9-13)18(23)24-4/h8-12,15-16,20H,5-7H2,1-4H3. The van der Waals surface area contributed by atoms with Gasteiger partial charge in [-0.15, -0.1) is 0 Å². The lowest BCUT2D eigenvalue weighted by Gasteiger charge is -2.38. The number of benzene rings is 1. The van der Waals surface area contributed by atoms with E-state index in [1.807, 2.05) is 24.0 Å². The smallest absolute Gasteiger partial charge is 0.337 e. The minimum Gasteiger partial charge on any atom is -0.465 e. The van der Waals surface area contributed by atoms with Crippen LogP contribution >= 0.6 is 0 Å². The van der Waals surface area contributed by atoms with Crippen molar-refractivity contribution in [3.8, 4) is 0 Å². The van der Waals surface area contributed by atoms with E-state index >= 15 is 0 Å². The molecule has 0 radical (unpaired) electrons. The molecular formula is C19H26N2O3. The average Bonchev–Trinajstić information content (AvgIpc) is 3.37. The van der Waals surface area contributed by atoms with Crippen LogP contribution in [-0.4, -0.2) is 35.6 Å². The van der Waals surface area contributed by atoms with E-state index in [2.05, 4.69) is 19.2 Å². The van der Waals surface area contributed by atoms with Crippen molar-refractivity contribution in [1.29, 1.82) is 0 Å². The van der Waals surface area contributed by atoms with E-state index < -0.39 is 0 Å². The van der Waals surface area contributed by atoms with Crippen LogP contribution in [0.4, 0.5) is 0 Å². The molecule has 3 rings (SSSR count). The fourth-order valence-corrected chi connectivity index (χ4v) is 3.74. The van der Waals surface area contributed by atoms with Gasteiger partial charge in [0.25, 0.3) is 0 Å². The van der Waals surface area contributed by atoms with Crippen LogP contribution in [-0.2, 0) is 9.53 Å². The van der Waals surface area contributed by atoms with Crippen molar-refractivity contribution in [2.24, 2.45) is 5.92 Å². The van der Waals surface area contributed by atoms with Crippen LogP contribution in [0.3, 0.4) is 0 Å². The van der Waals surface area contributed by atoms with Gasteiger partial charge >= 0.3 is 5.97 Å². The quantitative estimate of drug-likeness (QED) is 0.844. The maximum atomic E-state index is 12.9. The lowest BCUT2D eigenvalue weighted by molar-refractivity contribution is -0.135. The van der Waals surface area contributed by atoms with Crippen molar-refractivity contribution < 1.29 is 14.3 Å². The van der Waals surface area contributed by atoms with Gasteiger partial charge in [-0.3, -0.25) is 10.1 Å². The number of nitrogens with zero attached hydrogens (tertiary/aromatic N) is 1. The van der Waals surface area contributed by atoms with Crippen LogP contribution < -0.4 is 5.32 Å². The van der Waals surface area contributed by atoms with Crippen LogP contribution in [0, 0.1) is 5.92 Å². The normalized spacial score (nSPS) is 24.1. The molecule has 2 fully saturated rings. The largest absolute Gasteiger partial charge is 0.465 e. The van der Waals surface area contributed by atoms with Gasteiger partial charge in [-0.25, -0.2) is 4.79 Å². The zero-order valence-corrected chi connectivity index (χ0v) is 14.8. The molecule has 1 saturated carbocycles. The average molecular weight is 330 g/mol. The Morgan fingerprint density at radius 2 is 1.96 bits per heavy atom. The summed E-state index contributed by atoms with van der Waals surface area (Å²) in [6.45, 7) is 6.17. The second-order valence-corrected chi connectivity index (χ2v) is 7.27. The molecule has 1 aromatic carbocycles. The first kappa shape index (κ1) is 17.0. The third-order valence-corrected chi connectivity index (χ3v) is 5.09. The molecule has 1 amide bonds. The van der Waals surface area contributed by atoms with Gasteiger partial charge in [0.15, 0.2) is 0 Å². The molecule has 2 aliphatic rings. The van der Waals surface area contributed by atoms with Crippen molar-refractivity contribution in [3.05, 3.63) is 35.4 Å². The molecule has 1 heterocycles. The van der Waals surface area contributed by atoms with Crippen molar-refractivity contribution in [1.82, 2.24) is 10.2 Å². The number of ether oxygens (including phenoxy) is 1. The van der Waals surface area contributed by atoms with Crippen molar-refractivity contribution in [3.63, 3.8) is 0 Å². The molecule has 1 N–H and O–H groups in total. The SMILES string of the molecule is CCC1NC(C)(C)N(C(c2ccc(C(=O)OC)cc2)C2CC2)C1=O. The number of hydrogen-bond acceptors (Lipinski definition) is 4. The zero-order chi connectivity index (χ0) is 17.5. The third-order valence-electron chi connectivity index (χ3n) is 5.09. The molecular weight excluding hydrogens is 304 g/mol. The number of amides is 1. The summed E-state index contributed by atoms with van der Waals surface area (Å²) in [7, 11) is 1.38. The van der Waals surface area contributed by atoms with Crippen LogP contribution in [0.15, 0.2) is 24.3 Å². The first-order chi connectivity index (χ1) is 11.4. The third kappa shape index (κ3) is 2.93. The molecule has 24 heavy (non-hydrogen) atoms. The molecule has 1 aromatic rings. The summed E-state index contributed by atoms with van der Waals surface area (Å²) in [4.78, 5) is 26.6. The van der Waals surface area contributed by atoms with Crippen molar-refractivity contribution >= 4 is 11.9 Å². The summed E-state index contributed by atoms with van der Waals surface area (Å²) < 4.78 is 4.76. The summed E-state index contributed by atoms with van der Waals surface area (Å²) in [5.41, 5.74) is 1.25. The fraction of sp³-hybridized carbons (Fsp3) is 0.579. The molecule has 0 spiro atoms. The van der Waals surface area contributed by atoms with Gasteiger partial charge in [0.05, 0.1) is 30.4 Å². The summed E-state index contributed by atoms with van der Waals surface area (Å²) in [6.07, 6.45) is 3.07. The Kier molecular flexibility index (Phi) is 4.38. The summed E-state index contributed by atoms with van der Waals surface area (Å²) in [5.74, 6) is 0.334. The predicted molar refractivity (Wildman–Crippen MR) is 91.4 cm³/mol. The van der Waals surface area contributed by atoms with Gasteiger partial charge < -0.3 is 9.64 Å². The highest BCUT2D eigenvalue weighted by Gasteiger charge is 2.50. The van der Waals surface area contributed by atoms with E-state index in [0.717, 1.165) is 24.8 Å². The van der Waals surface area contributed by atoms with Crippen LogP contribution in [0.25, 0.3) is 0 Å². The monoisotopic (exact) mass is 330 g/mol. The Hall–Kier alpha value is -1.88. The van der Waals surface area contributed by atoms with Gasteiger partial charge in [0, 0.05) is 0 Å². The number of methoxy groups -OCH3 is 1.